The Bertz CT molecular complexity index is 464. The summed E-state index contributed by atoms with van der Waals surface area (Å²) in [6.45, 7) is 1.26. The minimum atomic E-state index is -4.92. The van der Waals surface area contributed by atoms with E-state index in [1.807, 2.05) is 0 Å². The molecular weight excluding hydrogens is 301 g/mol. The third kappa shape index (κ3) is 5.28. The Kier molecular flexibility index (Phi) is 6.71. The molecule has 0 amide bonds. The van der Waals surface area contributed by atoms with E-state index in [-0.39, 0.29) is 56.7 Å². The normalized spacial score (nSPS) is 13.5. The molecule has 1 rings (SSSR count). The average Bonchev–Trinajstić information content (AvgIpc) is 1.96. The first kappa shape index (κ1) is 17.4. The minimum Gasteiger partial charge on any atom is -0.746 e. The van der Waals surface area contributed by atoms with Gasteiger partial charge in [-0.2, -0.15) is 0 Å². The van der Waals surface area contributed by atoms with Gasteiger partial charge < -0.3 is 14.3 Å². The van der Waals surface area contributed by atoms with E-state index in [0.717, 1.165) is 12.1 Å². The Morgan fingerprint density at radius 1 is 1.41 bits per heavy atom. The quantitative estimate of drug-likeness (QED) is 0.441. The molecule has 0 aliphatic carbocycles. The molecule has 1 aromatic carbocycles. The fourth-order valence-electron chi connectivity index (χ4n) is 1.07. The summed E-state index contributed by atoms with van der Waals surface area (Å²) in [4.78, 5) is 30.0. The molecular formula is C8H6Cl2NaO5P. The van der Waals surface area contributed by atoms with Crippen LogP contribution in [0.15, 0.2) is 12.1 Å². The van der Waals surface area contributed by atoms with Gasteiger partial charge in [-0.3, -0.25) is 9.36 Å². The molecule has 17 heavy (non-hydrogen) atoms. The summed E-state index contributed by atoms with van der Waals surface area (Å²) in [5.74, 6) is -0.628. The fraction of sp³-hybridized carbons (Fsp3) is 0.125. The summed E-state index contributed by atoms with van der Waals surface area (Å²) in [6, 6.07) is 2.15. The number of Topliss-reactive ketones (excluding diaryl/α,β-unsaturated/α-hetero) is 1. The van der Waals surface area contributed by atoms with Crippen molar-refractivity contribution in [1.82, 2.24) is 0 Å². The van der Waals surface area contributed by atoms with Crippen LogP contribution in [0.2, 0.25) is 10.0 Å². The van der Waals surface area contributed by atoms with Gasteiger partial charge in [0.2, 0.25) is 0 Å². The molecule has 0 saturated carbocycles. The van der Waals surface area contributed by atoms with Gasteiger partial charge in [-0.05, 0) is 6.92 Å². The summed E-state index contributed by atoms with van der Waals surface area (Å²) in [5.41, 5.74) is 0.0642. The van der Waals surface area contributed by atoms with Crippen molar-refractivity contribution in [2.24, 2.45) is 0 Å². The van der Waals surface area contributed by atoms with Crippen molar-refractivity contribution in [2.75, 3.05) is 0 Å². The number of carbonyl (C=O) groups is 1. The van der Waals surface area contributed by atoms with Crippen molar-refractivity contribution in [2.45, 2.75) is 6.92 Å². The largest absolute Gasteiger partial charge is 1.00 e. The molecule has 0 saturated heterocycles. The van der Waals surface area contributed by atoms with Crippen LogP contribution in [0.5, 0.6) is 5.75 Å². The van der Waals surface area contributed by atoms with Gasteiger partial charge in [-0.15, -0.1) is 0 Å². The second-order valence-corrected chi connectivity index (χ2v) is 4.81. The maximum absolute atomic E-state index is 11.1. The van der Waals surface area contributed by atoms with Crippen molar-refractivity contribution < 1.29 is 53.2 Å². The van der Waals surface area contributed by atoms with Crippen LogP contribution in [0, 0.1) is 0 Å². The first-order chi connectivity index (χ1) is 7.20. The molecule has 1 N–H and O–H groups in total. The molecule has 1 aromatic rings. The van der Waals surface area contributed by atoms with E-state index in [2.05, 4.69) is 4.52 Å². The average molecular weight is 307 g/mol. The Morgan fingerprint density at radius 2 is 1.82 bits per heavy atom. The first-order valence-corrected chi connectivity index (χ1v) is 6.19. The Hall–Kier alpha value is 0.420. The van der Waals surface area contributed by atoms with Crippen LogP contribution in [0.25, 0.3) is 0 Å². The number of ketones is 1. The van der Waals surface area contributed by atoms with Gasteiger partial charge in [0.25, 0.3) is 0 Å². The topological polar surface area (TPSA) is 86.7 Å². The third-order valence-corrected chi connectivity index (χ3v) is 2.63. The van der Waals surface area contributed by atoms with Crippen molar-refractivity contribution in [3.63, 3.8) is 0 Å². The molecule has 0 aliphatic heterocycles. The van der Waals surface area contributed by atoms with Gasteiger partial charge in [0.1, 0.15) is 5.75 Å². The first-order valence-electron chi connectivity index (χ1n) is 3.94. The second kappa shape index (κ2) is 6.55. The molecule has 1 unspecified atom stereocenters. The number of benzene rings is 1. The van der Waals surface area contributed by atoms with E-state index in [9.17, 15) is 14.3 Å². The van der Waals surface area contributed by atoms with Crippen LogP contribution in [-0.2, 0) is 4.57 Å². The summed E-state index contributed by atoms with van der Waals surface area (Å²) in [5, 5.41) is -0.105. The van der Waals surface area contributed by atoms with Crippen LogP contribution < -0.4 is 39.0 Å². The summed E-state index contributed by atoms with van der Waals surface area (Å²) in [6.07, 6.45) is 0. The smallest absolute Gasteiger partial charge is 0.746 e. The molecule has 0 radical (unpaired) electrons. The fourth-order valence-corrected chi connectivity index (χ4v) is 2.18. The van der Waals surface area contributed by atoms with Crippen LogP contribution >= 0.6 is 31.0 Å². The zero-order valence-corrected chi connectivity index (χ0v) is 13.3. The van der Waals surface area contributed by atoms with E-state index in [4.69, 9.17) is 28.1 Å². The summed E-state index contributed by atoms with van der Waals surface area (Å²) < 4.78 is 14.6. The monoisotopic (exact) mass is 306 g/mol. The van der Waals surface area contributed by atoms with Crippen LogP contribution in [0.4, 0.5) is 0 Å². The minimum absolute atomic E-state index is 0. The van der Waals surface area contributed by atoms with Crippen molar-refractivity contribution in [1.29, 1.82) is 0 Å². The van der Waals surface area contributed by atoms with Crippen molar-refractivity contribution in [3.05, 3.63) is 27.7 Å². The molecule has 5 nitrogen and oxygen atoms in total. The zero-order valence-electron chi connectivity index (χ0n) is 8.94. The predicted octanol–water partition coefficient (Wildman–Crippen LogP) is -0.960. The Balaban J connectivity index is 0.00000256. The van der Waals surface area contributed by atoms with Crippen LogP contribution in [-0.4, -0.2) is 10.7 Å². The number of hydrogen-bond acceptors (Lipinski definition) is 4. The zero-order chi connectivity index (χ0) is 12.5. The molecule has 0 fully saturated rings. The number of carbonyl (C=O) groups excluding carboxylic acids is 1. The Labute approximate surface area is 130 Å². The second-order valence-electron chi connectivity index (χ2n) is 2.88. The standard InChI is InChI=1S/C8H7Cl2O5P.Na/c1-4(11)8-6(9)2-5(3-7(8)10)15-16(12,13)14;/h2-3H,1H3,(H2,12,13,14);/q;+1/p-1. The molecule has 0 bridgehead atoms. The van der Waals surface area contributed by atoms with Crippen molar-refractivity contribution >= 4 is 36.8 Å². The van der Waals surface area contributed by atoms with Gasteiger partial charge in [0.05, 0.1) is 15.6 Å². The number of hydrogen-bond donors (Lipinski definition) is 1. The maximum atomic E-state index is 11.1. The molecule has 9 heteroatoms. The number of halogens is 2. The number of rotatable bonds is 3. The van der Waals surface area contributed by atoms with Gasteiger partial charge in [0.15, 0.2) is 5.78 Å². The Morgan fingerprint density at radius 3 is 2.12 bits per heavy atom. The number of phosphoric acid groups is 1. The summed E-state index contributed by atoms with van der Waals surface area (Å²) >= 11 is 11.4. The predicted molar refractivity (Wildman–Crippen MR) is 56.9 cm³/mol. The maximum Gasteiger partial charge on any atom is 1.00 e. The third-order valence-electron chi connectivity index (χ3n) is 1.59. The van der Waals surface area contributed by atoms with E-state index in [1.54, 1.807) is 0 Å². The van der Waals surface area contributed by atoms with E-state index in [0.29, 0.717) is 0 Å². The molecule has 88 valence electrons. The van der Waals surface area contributed by atoms with Crippen LogP contribution in [0.3, 0.4) is 0 Å². The van der Waals surface area contributed by atoms with Gasteiger partial charge in [-0.1, -0.05) is 23.2 Å². The van der Waals surface area contributed by atoms with E-state index < -0.39 is 7.82 Å². The van der Waals surface area contributed by atoms with E-state index in [1.165, 1.54) is 6.92 Å². The van der Waals surface area contributed by atoms with Gasteiger partial charge in [0, 0.05) is 12.1 Å². The van der Waals surface area contributed by atoms with Gasteiger partial charge in [-0.25, -0.2) is 0 Å². The molecule has 0 spiro atoms. The van der Waals surface area contributed by atoms with Gasteiger partial charge >= 0.3 is 37.4 Å². The molecule has 0 aromatic heterocycles. The van der Waals surface area contributed by atoms with E-state index >= 15 is 0 Å². The van der Waals surface area contributed by atoms with Crippen molar-refractivity contribution in [3.8, 4) is 5.75 Å². The molecule has 1 atom stereocenters. The number of phosphoric ester groups is 1. The SMILES string of the molecule is CC(=O)c1c(Cl)cc(OP(=O)([O-])O)cc1Cl.[Na+]. The summed E-state index contributed by atoms with van der Waals surface area (Å²) in [7, 11) is -4.92. The van der Waals surface area contributed by atoms with Crippen LogP contribution in [0.1, 0.15) is 17.3 Å². The molecule has 0 heterocycles. The molecule has 0 aliphatic rings.